The first-order valence-corrected chi connectivity index (χ1v) is 8.66. The quantitative estimate of drug-likeness (QED) is 0.858. The summed E-state index contributed by atoms with van der Waals surface area (Å²) in [5, 5.41) is 17.5. The maximum atomic E-state index is 12.7. The number of carbonyl (C=O) groups is 1. The molecule has 1 saturated heterocycles. The van der Waals surface area contributed by atoms with Crippen molar-refractivity contribution in [2.45, 2.75) is 19.4 Å². The van der Waals surface area contributed by atoms with Crippen LogP contribution in [0.15, 0.2) is 30.3 Å². The van der Waals surface area contributed by atoms with Crippen LogP contribution >= 0.6 is 0 Å². The van der Waals surface area contributed by atoms with Crippen LogP contribution in [0.1, 0.15) is 12.7 Å². The summed E-state index contributed by atoms with van der Waals surface area (Å²) in [6.07, 6.45) is 0.253. The maximum Gasteiger partial charge on any atom is 0.230 e. The van der Waals surface area contributed by atoms with Crippen molar-refractivity contribution in [2.24, 2.45) is 7.05 Å². The van der Waals surface area contributed by atoms with Crippen LogP contribution in [0.5, 0.6) is 0 Å². The Kier molecular flexibility index (Phi) is 5.45. The fourth-order valence-corrected chi connectivity index (χ4v) is 3.28. The van der Waals surface area contributed by atoms with Crippen molar-refractivity contribution < 1.29 is 9.90 Å². The average molecular weight is 343 g/mol. The number of rotatable bonds is 5. The third-order valence-electron chi connectivity index (χ3n) is 4.81. The number of benzene rings is 1. The number of hydrogen-bond donors (Lipinski definition) is 1. The van der Waals surface area contributed by atoms with Gasteiger partial charge in [-0.3, -0.25) is 9.69 Å². The van der Waals surface area contributed by atoms with E-state index in [1.807, 2.05) is 46.8 Å². The molecule has 1 aliphatic heterocycles. The molecule has 1 N–H and O–H groups in total. The second-order valence-electron chi connectivity index (χ2n) is 6.49. The topological polar surface area (TPSA) is 74.5 Å². The molecule has 1 aromatic carbocycles. The molecule has 1 fully saturated rings. The van der Waals surface area contributed by atoms with Crippen LogP contribution in [-0.4, -0.2) is 74.4 Å². The molecule has 1 atom stereocenters. The third-order valence-corrected chi connectivity index (χ3v) is 4.81. The number of amides is 1. The first-order chi connectivity index (χ1) is 12.1. The van der Waals surface area contributed by atoms with E-state index in [0.29, 0.717) is 25.5 Å². The first-order valence-electron chi connectivity index (χ1n) is 8.66. The zero-order chi connectivity index (χ0) is 17.8. The van der Waals surface area contributed by atoms with E-state index in [-0.39, 0.29) is 25.0 Å². The number of aliphatic hydroxyl groups excluding tert-OH is 1. The Balaban J connectivity index is 1.65. The number of piperazine rings is 1. The van der Waals surface area contributed by atoms with E-state index >= 15 is 0 Å². The Morgan fingerprint density at radius 3 is 2.68 bits per heavy atom. The highest BCUT2D eigenvalue weighted by Crippen LogP contribution is 2.17. The van der Waals surface area contributed by atoms with Crippen LogP contribution in [-0.2, 0) is 18.3 Å². The fraction of sp³-hybridized carbons (Fsp3) is 0.500. The van der Waals surface area contributed by atoms with Crippen LogP contribution < -0.4 is 0 Å². The maximum absolute atomic E-state index is 12.7. The summed E-state index contributed by atoms with van der Waals surface area (Å²) in [5.41, 5.74) is 0.988. The molecule has 0 radical (unpaired) electrons. The molecular weight excluding hydrogens is 318 g/mol. The molecule has 3 rings (SSSR count). The summed E-state index contributed by atoms with van der Waals surface area (Å²) >= 11 is 0. The van der Waals surface area contributed by atoms with Crippen LogP contribution in [0.2, 0.25) is 0 Å². The lowest BCUT2D eigenvalue weighted by Gasteiger charge is -2.39. The smallest absolute Gasteiger partial charge is 0.230 e. The van der Waals surface area contributed by atoms with Crippen molar-refractivity contribution in [3.63, 3.8) is 0 Å². The summed E-state index contributed by atoms with van der Waals surface area (Å²) in [4.78, 5) is 16.7. The van der Waals surface area contributed by atoms with Gasteiger partial charge in [0.2, 0.25) is 5.91 Å². The molecule has 1 unspecified atom stereocenters. The van der Waals surface area contributed by atoms with E-state index < -0.39 is 0 Å². The molecule has 1 aromatic heterocycles. The number of hydrogen-bond acceptors (Lipinski definition) is 5. The van der Waals surface area contributed by atoms with Gasteiger partial charge in [0.1, 0.15) is 5.82 Å². The van der Waals surface area contributed by atoms with Crippen LogP contribution in [0.25, 0.3) is 11.4 Å². The zero-order valence-corrected chi connectivity index (χ0v) is 14.8. The van der Waals surface area contributed by atoms with Crippen LogP contribution in [0, 0.1) is 0 Å². The Morgan fingerprint density at radius 1 is 1.24 bits per heavy atom. The number of aliphatic hydroxyl groups is 1. The Bertz CT molecular complexity index is 716. The van der Waals surface area contributed by atoms with Crippen molar-refractivity contribution in [3.05, 3.63) is 36.2 Å². The highest BCUT2D eigenvalue weighted by atomic mass is 16.3. The van der Waals surface area contributed by atoms with Crippen LogP contribution in [0.4, 0.5) is 0 Å². The molecule has 7 nitrogen and oxygen atoms in total. The van der Waals surface area contributed by atoms with Crippen molar-refractivity contribution in [1.29, 1.82) is 0 Å². The normalized spacial score (nSPS) is 18.5. The van der Waals surface area contributed by atoms with E-state index in [0.717, 1.165) is 17.9 Å². The molecule has 25 heavy (non-hydrogen) atoms. The molecule has 0 bridgehead atoms. The van der Waals surface area contributed by atoms with Gasteiger partial charge in [-0.1, -0.05) is 30.3 Å². The van der Waals surface area contributed by atoms with Crippen molar-refractivity contribution in [2.75, 3.05) is 32.8 Å². The van der Waals surface area contributed by atoms with Gasteiger partial charge in [0.15, 0.2) is 5.82 Å². The Morgan fingerprint density at radius 2 is 2.00 bits per heavy atom. The molecular formula is C18H25N5O2. The van der Waals surface area contributed by atoms with Gasteiger partial charge in [0, 0.05) is 44.8 Å². The van der Waals surface area contributed by atoms with E-state index in [1.165, 1.54) is 0 Å². The molecule has 0 aliphatic carbocycles. The number of nitrogens with zero attached hydrogens (tertiary/aromatic N) is 5. The zero-order valence-electron chi connectivity index (χ0n) is 14.8. The molecule has 0 saturated carbocycles. The molecule has 2 aromatic rings. The van der Waals surface area contributed by atoms with Crippen molar-refractivity contribution in [3.8, 4) is 11.4 Å². The third kappa shape index (κ3) is 3.88. The minimum Gasteiger partial charge on any atom is -0.395 e. The van der Waals surface area contributed by atoms with E-state index in [9.17, 15) is 4.79 Å². The highest BCUT2D eigenvalue weighted by molar-refractivity contribution is 5.78. The van der Waals surface area contributed by atoms with Gasteiger partial charge < -0.3 is 14.6 Å². The Labute approximate surface area is 147 Å². The average Bonchev–Trinajstić information content (AvgIpc) is 2.98. The molecule has 1 aliphatic rings. The Hall–Kier alpha value is -2.25. The largest absolute Gasteiger partial charge is 0.395 e. The lowest BCUT2D eigenvalue weighted by Crippen LogP contribution is -2.54. The lowest BCUT2D eigenvalue weighted by molar-refractivity contribution is -0.133. The monoisotopic (exact) mass is 343 g/mol. The molecule has 2 heterocycles. The summed E-state index contributed by atoms with van der Waals surface area (Å²) in [6.45, 7) is 5.06. The van der Waals surface area contributed by atoms with Gasteiger partial charge in [-0.15, -0.1) is 10.2 Å². The predicted molar refractivity (Wildman–Crippen MR) is 94.8 cm³/mol. The second-order valence-corrected chi connectivity index (χ2v) is 6.49. The standard InChI is InChI=1S/C18H25N5O2/c1-14-13-23(9-8-22(14)10-11-24)17(25)12-16-19-20-18(21(16)2)15-6-4-3-5-7-15/h3-7,14,24H,8-13H2,1-2H3. The van der Waals surface area contributed by atoms with Crippen LogP contribution in [0.3, 0.4) is 0 Å². The van der Waals surface area contributed by atoms with E-state index in [4.69, 9.17) is 5.11 Å². The number of β-amino-alcohol motifs (C(OH)–C–C–N with tert-alkyl or cyclic N) is 1. The molecule has 1 amide bonds. The second kappa shape index (κ2) is 7.76. The summed E-state index contributed by atoms with van der Waals surface area (Å²) in [5.74, 6) is 1.52. The van der Waals surface area contributed by atoms with Gasteiger partial charge in [-0.25, -0.2) is 0 Å². The molecule has 0 spiro atoms. The van der Waals surface area contributed by atoms with E-state index in [1.54, 1.807) is 0 Å². The minimum atomic E-state index is 0.0746. The number of aromatic nitrogens is 3. The van der Waals surface area contributed by atoms with Gasteiger partial charge >= 0.3 is 0 Å². The summed E-state index contributed by atoms with van der Waals surface area (Å²) < 4.78 is 1.89. The molecule has 134 valence electrons. The fourth-order valence-electron chi connectivity index (χ4n) is 3.28. The SMILES string of the molecule is CC1CN(C(=O)Cc2nnc(-c3ccccc3)n2C)CCN1CCO. The minimum absolute atomic E-state index is 0.0746. The van der Waals surface area contributed by atoms with Crippen molar-refractivity contribution >= 4 is 5.91 Å². The van der Waals surface area contributed by atoms with Gasteiger partial charge in [0.05, 0.1) is 13.0 Å². The first kappa shape index (κ1) is 17.6. The molecule has 7 heteroatoms. The lowest BCUT2D eigenvalue weighted by atomic mass is 10.1. The van der Waals surface area contributed by atoms with Gasteiger partial charge in [0.25, 0.3) is 0 Å². The summed E-state index contributed by atoms with van der Waals surface area (Å²) in [6, 6.07) is 10.1. The highest BCUT2D eigenvalue weighted by Gasteiger charge is 2.27. The predicted octanol–water partition coefficient (Wildman–Crippen LogP) is 0.550. The number of carbonyl (C=O) groups excluding carboxylic acids is 1. The van der Waals surface area contributed by atoms with Gasteiger partial charge in [-0.05, 0) is 6.92 Å². The van der Waals surface area contributed by atoms with Gasteiger partial charge in [-0.2, -0.15) is 0 Å². The van der Waals surface area contributed by atoms with E-state index in [2.05, 4.69) is 22.0 Å². The van der Waals surface area contributed by atoms with Crippen molar-refractivity contribution in [1.82, 2.24) is 24.6 Å². The summed E-state index contributed by atoms with van der Waals surface area (Å²) in [7, 11) is 1.90.